The van der Waals surface area contributed by atoms with Crippen LogP contribution in [0.25, 0.3) is 5.76 Å². The van der Waals surface area contributed by atoms with Crippen molar-refractivity contribution in [3.8, 4) is 0 Å². The molecule has 5 heteroatoms. The Kier molecular flexibility index (Phi) is 5.08. The maximum Gasteiger partial charge on any atom is 0.300 e. The number of Topliss-reactive ketones (excluding diaryl/α,β-unsaturated/α-hetero) is 1. The first-order chi connectivity index (χ1) is 14.3. The van der Waals surface area contributed by atoms with E-state index in [9.17, 15) is 14.7 Å². The Hall–Kier alpha value is -3.18. The lowest BCUT2D eigenvalue weighted by Crippen LogP contribution is -2.29. The second kappa shape index (κ2) is 7.58. The maximum atomic E-state index is 13.1. The zero-order valence-corrected chi connectivity index (χ0v) is 18.2. The van der Waals surface area contributed by atoms with Crippen molar-refractivity contribution in [3.63, 3.8) is 0 Å². The van der Waals surface area contributed by atoms with Crippen molar-refractivity contribution in [1.82, 2.24) is 0 Å². The summed E-state index contributed by atoms with van der Waals surface area (Å²) in [6.07, 6.45) is 0. The van der Waals surface area contributed by atoms with Gasteiger partial charge in [-0.25, -0.2) is 0 Å². The van der Waals surface area contributed by atoms with Gasteiger partial charge in [0, 0.05) is 16.1 Å². The highest BCUT2D eigenvalue weighted by Crippen LogP contribution is 2.44. The molecule has 0 bridgehead atoms. The zero-order valence-electron chi connectivity index (χ0n) is 17.4. The number of aliphatic hydroxyl groups excluding tert-OH is 1. The average molecular weight is 418 g/mol. The van der Waals surface area contributed by atoms with Crippen LogP contribution < -0.4 is 4.90 Å². The number of hydrogen-bond donors (Lipinski definition) is 1. The lowest BCUT2D eigenvalue weighted by atomic mass is 9.97. The summed E-state index contributed by atoms with van der Waals surface area (Å²) in [5.41, 5.74) is 5.44. The largest absolute Gasteiger partial charge is 0.507 e. The van der Waals surface area contributed by atoms with Gasteiger partial charge in [-0.15, -0.1) is 11.3 Å². The fourth-order valence-electron chi connectivity index (χ4n) is 3.95. The molecule has 1 aromatic heterocycles. The van der Waals surface area contributed by atoms with Gasteiger partial charge >= 0.3 is 0 Å². The maximum absolute atomic E-state index is 13.1. The van der Waals surface area contributed by atoms with Crippen LogP contribution in [0.1, 0.15) is 38.7 Å². The van der Waals surface area contributed by atoms with E-state index in [4.69, 9.17) is 0 Å². The highest BCUT2D eigenvalue weighted by atomic mass is 32.1. The first-order valence-corrected chi connectivity index (χ1v) is 10.7. The van der Waals surface area contributed by atoms with Gasteiger partial charge in [0.2, 0.25) is 0 Å². The number of aryl methyl sites for hydroxylation is 4. The second-order valence-corrected chi connectivity index (χ2v) is 8.81. The molecule has 1 aliphatic rings. The van der Waals surface area contributed by atoms with Gasteiger partial charge in [-0.3, -0.25) is 14.5 Å². The van der Waals surface area contributed by atoms with E-state index in [-0.39, 0.29) is 11.3 Å². The number of carbonyl (C=O) groups excluding carboxylic acids is 2. The fraction of sp³-hybridized carbons (Fsp3) is 0.200. The Balaban J connectivity index is 1.95. The molecule has 0 aliphatic carbocycles. The van der Waals surface area contributed by atoms with Crippen LogP contribution >= 0.6 is 11.3 Å². The van der Waals surface area contributed by atoms with Crippen LogP contribution in [-0.2, 0) is 9.59 Å². The van der Waals surface area contributed by atoms with Crippen molar-refractivity contribution in [2.24, 2.45) is 0 Å². The average Bonchev–Trinajstić information content (AvgIpc) is 3.30. The minimum atomic E-state index is -0.664. The Morgan fingerprint density at radius 2 is 1.63 bits per heavy atom. The van der Waals surface area contributed by atoms with Crippen LogP contribution in [-0.4, -0.2) is 16.8 Å². The first-order valence-electron chi connectivity index (χ1n) is 9.78. The number of hydrogen-bond acceptors (Lipinski definition) is 4. The van der Waals surface area contributed by atoms with E-state index in [1.165, 1.54) is 16.2 Å². The van der Waals surface area contributed by atoms with Gasteiger partial charge in [0.1, 0.15) is 11.8 Å². The lowest BCUT2D eigenvalue weighted by molar-refractivity contribution is -0.132. The molecule has 1 fully saturated rings. The molecule has 4 rings (SSSR count). The topological polar surface area (TPSA) is 57.6 Å². The molecule has 1 saturated heterocycles. The molecule has 30 heavy (non-hydrogen) atoms. The summed E-state index contributed by atoms with van der Waals surface area (Å²) < 4.78 is 0. The van der Waals surface area contributed by atoms with Gasteiger partial charge in [-0.2, -0.15) is 0 Å². The fourth-order valence-corrected chi connectivity index (χ4v) is 4.77. The van der Waals surface area contributed by atoms with Crippen LogP contribution in [0.2, 0.25) is 0 Å². The number of thiophene rings is 1. The number of nitrogens with zero attached hydrogens (tertiary/aromatic N) is 1. The van der Waals surface area contributed by atoms with Crippen LogP contribution in [0.15, 0.2) is 59.5 Å². The minimum absolute atomic E-state index is 0.130. The molecule has 1 amide bonds. The molecule has 1 unspecified atom stereocenters. The smallest absolute Gasteiger partial charge is 0.300 e. The molecule has 152 valence electrons. The summed E-state index contributed by atoms with van der Waals surface area (Å²) in [4.78, 5) is 28.6. The SMILES string of the molecule is Cc1cc(C)cc(N2C(=O)C(=O)/C(=C(\O)c3ccc(C)c(C)c3)C2c2cccs2)c1. The summed E-state index contributed by atoms with van der Waals surface area (Å²) in [7, 11) is 0. The first kappa shape index (κ1) is 20.1. The van der Waals surface area contributed by atoms with Crippen LogP contribution in [0.5, 0.6) is 0 Å². The Morgan fingerprint density at radius 1 is 0.933 bits per heavy atom. The summed E-state index contributed by atoms with van der Waals surface area (Å²) in [6, 6.07) is 14.5. The van der Waals surface area contributed by atoms with E-state index in [0.29, 0.717) is 11.3 Å². The highest BCUT2D eigenvalue weighted by molar-refractivity contribution is 7.10. The number of ketones is 1. The molecule has 0 spiro atoms. The summed E-state index contributed by atoms with van der Waals surface area (Å²) in [6.45, 7) is 7.87. The number of aliphatic hydroxyl groups is 1. The normalized spacial score (nSPS) is 18.3. The van der Waals surface area contributed by atoms with Gasteiger partial charge in [0.25, 0.3) is 11.7 Å². The van der Waals surface area contributed by atoms with Crippen molar-refractivity contribution < 1.29 is 14.7 Å². The van der Waals surface area contributed by atoms with Gasteiger partial charge < -0.3 is 5.11 Å². The number of carbonyl (C=O) groups is 2. The molecule has 0 radical (unpaired) electrons. The van der Waals surface area contributed by atoms with Crippen molar-refractivity contribution in [3.05, 3.63) is 92.2 Å². The highest BCUT2D eigenvalue weighted by Gasteiger charge is 2.47. The number of amides is 1. The minimum Gasteiger partial charge on any atom is -0.507 e. The van der Waals surface area contributed by atoms with Crippen molar-refractivity contribution in [2.75, 3.05) is 4.90 Å². The van der Waals surface area contributed by atoms with Gasteiger partial charge in [-0.05, 0) is 79.6 Å². The Morgan fingerprint density at radius 3 is 2.23 bits per heavy atom. The number of anilines is 1. The van der Waals surface area contributed by atoms with Gasteiger partial charge in [-0.1, -0.05) is 24.3 Å². The lowest BCUT2D eigenvalue weighted by Gasteiger charge is -2.25. The van der Waals surface area contributed by atoms with E-state index in [0.717, 1.165) is 27.1 Å². The van der Waals surface area contributed by atoms with Gasteiger partial charge in [0.05, 0.1) is 5.57 Å². The molecule has 1 aliphatic heterocycles. The monoisotopic (exact) mass is 417 g/mol. The van der Waals surface area contributed by atoms with Crippen LogP contribution in [0.3, 0.4) is 0 Å². The third-order valence-corrected chi connectivity index (χ3v) is 6.45. The van der Waals surface area contributed by atoms with Gasteiger partial charge in [0.15, 0.2) is 0 Å². The predicted molar refractivity (Wildman–Crippen MR) is 121 cm³/mol. The van der Waals surface area contributed by atoms with E-state index in [1.54, 1.807) is 6.07 Å². The van der Waals surface area contributed by atoms with E-state index in [2.05, 4.69) is 0 Å². The predicted octanol–water partition coefficient (Wildman–Crippen LogP) is 5.61. The quantitative estimate of drug-likeness (QED) is 0.342. The van der Waals surface area contributed by atoms with Crippen molar-refractivity contribution >= 4 is 34.5 Å². The molecule has 1 N–H and O–H groups in total. The number of rotatable bonds is 3. The third-order valence-electron chi connectivity index (χ3n) is 5.52. The molecule has 1 atom stereocenters. The van der Waals surface area contributed by atoms with Crippen LogP contribution in [0.4, 0.5) is 5.69 Å². The molecular weight excluding hydrogens is 394 g/mol. The number of benzene rings is 2. The zero-order chi connectivity index (χ0) is 21.6. The molecule has 2 heterocycles. The van der Waals surface area contributed by atoms with E-state index >= 15 is 0 Å². The third kappa shape index (κ3) is 3.35. The summed E-state index contributed by atoms with van der Waals surface area (Å²) in [5, 5.41) is 13.1. The molecule has 2 aromatic carbocycles. The molecule has 3 aromatic rings. The van der Waals surface area contributed by atoms with Crippen molar-refractivity contribution in [1.29, 1.82) is 0 Å². The second-order valence-electron chi connectivity index (χ2n) is 7.83. The van der Waals surface area contributed by atoms with E-state index in [1.807, 2.05) is 75.5 Å². The van der Waals surface area contributed by atoms with Crippen LogP contribution in [0, 0.1) is 27.7 Å². The molecular formula is C25H23NO3S. The summed E-state index contributed by atoms with van der Waals surface area (Å²) >= 11 is 1.46. The summed E-state index contributed by atoms with van der Waals surface area (Å²) in [5.74, 6) is -1.42. The molecule has 4 nitrogen and oxygen atoms in total. The molecule has 0 saturated carbocycles. The standard InChI is InChI=1S/C25H23NO3S/c1-14-10-15(2)12-19(11-14)26-22(20-6-5-9-30-20)21(24(28)25(26)29)23(27)18-8-7-16(3)17(4)13-18/h5-13,22,27H,1-4H3/b23-21-. The van der Waals surface area contributed by atoms with E-state index < -0.39 is 17.7 Å². The Bertz CT molecular complexity index is 1170. The Labute approximate surface area is 180 Å². The van der Waals surface area contributed by atoms with Crippen molar-refractivity contribution in [2.45, 2.75) is 33.7 Å².